The van der Waals surface area contributed by atoms with Crippen LogP contribution in [0.25, 0.3) is 0 Å². The van der Waals surface area contributed by atoms with E-state index in [1.807, 2.05) is 11.8 Å². The van der Waals surface area contributed by atoms with Crippen molar-refractivity contribution in [3.63, 3.8) is 0 Å². The van der Waals surface area contributed by atoms with Gasteiger partial charge in [-0.25, -0.2) is 0 Å². The van der Waals surface area contributed by atoms with Crippen LogP contribution >= 0.6 is 11.8 Å². The zero-order valence-electron chi connectivity index (χ0n) is 9.38. The number of nitrogens with zero attached hydrogens (tertiary/aromatic N) is 1. The highest BCUT2D eigenvalue weighted by molar-refractivity contribution is 7.99. The van der Waals surface area contributed by atoms with Crippen LogP contribution in [-0.2, 0) is 0 Å². The van der Waals surface area contributed by atoms with Crippen LogP contribution in [0, 0.1) is 5.41 Å². The van der Waals surface area contributed by atoms with Gasteiger partial charge in [0, 0.05) is 13.0 Å². The summed E-state index contributed by atoms with van der Waals surface area (Å²) in [5, 5.41) is 7.15. The van der Waals surface area contributed by atoms with E-state index in [4.69, 9.17) is 11.1 Å². The molecule has 0 saturated carbocycles. The Balaban J connectivity index is 3.42. The lowest BCUT2D eigenvalue weighted by atomic mass is 10.3. The lowest BCUT2D eigenvalue weighted by molar-refractivity contribution is 0.298. The van der Waals surface area contributed by atoms with Crippen molar-refractivity contribution < 1.29 is 0 Å². The molecular formula is C10H23N3S. The molecule has 0 aromatic heterocycles. The van der Waals surface area contributed by atoms with E-state index in [1.165, 1.54) is 17.9 Å². The number of nitrogens with two attached hydrogens (primary N) is 1. The first-order valence-electron chi connectivity index (χ1n) is 5.33. The SMILES string of the molecule is CCSCCCN(CC)CCC(=N)N. The summed E-state index contributed by atoms with van der Waals surface area (Å²) in [6.45, 7) is 7.48. The first-order valence-corrected chi connectivity index (χ1v) is 6.49. The molecule has 0 heterocycles. The molecule has 0 aliphatic heterocycles. The van der Waals surface area contributed by atoms with Crippen LogP contribution in [0.3, 0.4) is 0 Å². The first kappa shape index (κ1) is 13.8. The molecule has 0 unspecified atom stereocenters. The van der Waals surface area contributed by atoms with Crippen molar-refractivity contribution in [3.05, 3.63) is 0 Å². The summed E-state index contributed by atoms with van der Waals surface area (Å²) in [5.74, 6) is 2.75. The van der Waals surface area contributed by atoms with E-state index in [1.54, 1.807) is 0 Å². The first-order chi connectivity index (χ1) is 6.70. The molecule has 84 valence electrons. The molecule has 0 rings (SSSR count). The molecule has 0 atom stereocenters. The fourth-order valence-corrected chi connectivity index (χ4v) is 1.86. The molecule has 0 spiro atoms. The summed E-state index contributed by atoms with van der Waals surface area (Å²) in [5.41, 5.74) is 5.32. The molecule has 0 aromatic carbocycles. The van der Waals surface area contributed by atoms with Gasteiger partial charge in [0.05, 0.1) is 5.84 Å². The number of hydrogen-bond acceptors (Lipinski definition) is 3. The maximum absolute atomic E-state index is 7.15. The van der Waals surface area contributed by atoms with Gasteiger partial charge in [-0.2, -0.15) is 11.8 Å². The van der Waals surface area contributed by atoms with Crippen molar-refractivity contribution in [2.75, 3.05) is 31.1 Å². The second kappa shape index (κ2) is 9.34. The maximum Gasteiger partial charge on any atom is 0.0918 e. The van der Waals surface area contributed by atoms with Gasteiger partial charge in [-0.15, -0.1) is 0 Å². The quantitative estimate of drug-likeness (QED) is 0.352. The third-order valence-corrected chi connectivity index (χ3v) is 3.10. The van der Waals surface area contributed by atoms with Crippen molar-refractivity contribution in [2.45, 2.75) is 26.7 Å². The Kier molecular flexibility index (Phi) is 9.19. The molecule has 4 heteroatoms. The van der Waals surface area contributed by atoms with Crippen molar-refractivity contribution >= 4 is 17.6 Å². The molecule has 14 heavy (non-hydrogen) atoms. The van der Waals surface area contributed by atoms with Crippen LogP contribution in [0.15, 0.2) is 0 Å². The number of amidine groups is 1. The number of thioether (sulfide) groups is 1. The van der Waals surface area contributed by atoms with Crippen LogP contribution in [-0.4, -0.2) is 41.9 Å². The molecule has 0 aliphatic carbocycles. The molecule has 0 radical (unpaired) electrons. The number of rotatable bonds is 9. The summed E-state index contributed by atoms with van der Waals surface area (Å²) >= 11 is 1.99. The summed E-state index contributed by atoms with van der Waals surface area (Å²) in [6, 6.07) is 0. The summed E-state index contributed by atoms with van der Waals surface area (Å²) in [7, 11) is 0. The van der Waals surface area contributed by atoms with Crippen LogP contribution in [0.5, 0.6) is 0 Å². The molecule has 3 N–H and O–H groups in total. The van der Waals surface area contributed by atoms with Gasteiger partial charge in [-0.3, -0.25) is 5.41 Å². The lowest BCUT2D eigenvalue weighted by Crippen LogP contribution is -2.29. The number of hydrogen-bond donors (Lipinski definition) is 2. The third-order valence-electron chi connectivity index (χ3n) is 2.11. The van der Waals surface area contributed by atoms with Gasteiger partial charge in [0.25, 0.3) is 0 Å². The van der Waals surface area contributed by atoms with Crippen molar-refractivity contribution in [2.24, 2.45) is 5.73 Å². The average molecular weight is 217 g/mol. The second-order valence-electron chi connectivity index (χ2n) is 3.26. The highest BCUT2D eigenvalue weighted by Gasteiger charge is 2.02. The second-order valence-corrected chi connectivity index (χ2v) is 4.65. The molecule has 0 saturated heterocycles. The third kappa shape index (κ3) is 8.38. The Morgan fingerprint density at radius 1 is 1.36 bits per heavy atom. The Bertz CT molecular complexity index is 150. The summed E-state index contributed by atoms with van der Waals surface area (Å²) in [4.78, 5) is 2.36. The van der Waals surface area contributed by atoms with E-state index < -0.39 is 0 Å². The molecule has 0 fully saturated rings. The van der Waals surface area contributed by atoms with Crippen LogP contribution in [0.4, 0.5) is 0 Å². The normalized spacial score (nSPS) is 10.8. The predicted molar refractivity (Wildman–Crippen MR) is 66.3 cm³/mol. The van der Waals surface area contributed by atoms with E-state index in [2.05, 4.69) is 18.7 Å². The standard InChI is InChI=1S/C10H23N3S/c1-3-13(8-6-10(11)12)7-5-9-14-4-2/h3-9H2,1-2H3,(H3,11,12). The fourth-order valence-electron chi connectivity index (χ4n) is 1.24. The Labute approximate surface area is 91.9 Å². The zero-order valence-corrected chi connectivity index (χ0v) is 10.2. The maximum atomic E-state index is 7.15. The van der Waals surface area contributed by atoms with E-state index >= 15 is 0 Å². The van der Waals surface area contributed by atoms with Gasteiger partial charge in [0.15, 0.2) is 0 Å². The smallest absolute Gasteiger partial charge is 0.0918 e. The molecule has 0 aromatic rings. The van der Waals surface area contributed by atoms with Crippen LogP contribution < -0.4 is 5.73 Å². The topological polar surface area (TPSA) is 53.1 Å². The minimum Gasteiger partial charge on any atom is -0.388 e. The van der Waals surface area contributed by atoms with Gasteiger partial charge >= 0.3 is 0 Å². The highest BCUT2D eigenvalue weighted by atomic mass is 32.2. The van der Waals surface area contributed by atoms with Gasteiger partial charge in [-0.05, 0) is 31.0 Å². The molecule has 3 nitrogen and oxygen atoms in total. The minimum absolute atomic E-state index is 0.298. The van der Waals surface area contributed by atoms with Crippen LogP contribution in [0.1, 0.15) is 26.7 Å². The predicted octanol–water partition coefficient (Wildman–Crippen LogP) is 1.78. The van der Waals surface area contributed by atoms with E-state index in [9.17, 15) is 0 Å². The highest BCUT2D eigenvalue weighted by Crippen LogP contribution is 2.02. The Morgan fingerprint density at radius 3 is 2.57 bits per heavy atom. The lowest BCUT2D eigenvalue weighted by Gasteiger charge is -2.19. The van der Waals surface area contributed by atoms with Gasteiger partial charge in [-0.1, -0.05) is 13.8 Å². The molecule has 0 amide bonds. The molecule has 0 bridgehead atoms. The van der Waals surface area contributed by atoms with Crippen LogP contribution in [0.2, 0.25) is 0 Å². The minimum atomic E-state index is 0.298. The summed E-state index contributed by atoms with van der Waals surface area (Å²) < 4.78 is 0. The average Bonchev–Trinajstić information content (AvgIpc) is 2.16. The van der Waals surface area contributed by atoms with Crippen molar-refractivity contribution in [1.29, 1.82) is 5.41 Å². The van der Waals surface area contributed by atoms with E-state index in [-0.39, 0.29) is 0 Å². The van der Waals surface area contributed by atoms with E-state index in [0.29, 0.717) is 12.3 Å². The number of nitrogens with one attached hydrogen (secondary N) is 1. The largest absolute Gasteiger partial charge is 0.388 e. The van der Waals surface area contributed by atoms with E-state index in [0.717, 1.165) is 19.6 Å². The Hall–Kier alpha value is -0.220. The summed E-state index contributed by atoms with van der Waals surface area (Å²) in [6.07, 6.45) is 1.94. The zero-order chi connectivity index (χ0) is 10.8. The molecular weight excluding hydrogens is 194 g/mol. The van der Waals surface area contributed by atoms with Gasteiger partial charge in [0.2, 0.25) is 0 Å². The fraction of sp³-hybridized carbons (Fsp3) is 0.900. The Morgan fingerprint density at radius 2 is 2.07 bits per heavy atom. The molecule has 0 aliphatic rings. The van der Waals surface area contributed by atoms with Crippen molar-refractivity contribution in [1.82, 2.24) is 4.90 Å². The van der Waals surface area contributed by atoms with Crippen molar-refractivity contribution in [3.8, 4) is 0 Å². The van der Waals surface area contributed by atoms with Gasteiger partial charge in [0.1, 0.15) is 0 Å². The van der Waals surface area contributed by atoms with Gasteiger partial charge < -0.3 is 10.6 Å². The monoisotopic (exact) mass is 217 g/mol.